The van der Waals surface area contributed by atoms with Crippen LogP contribution in [0.25, 0.3) is 0 Å². The Hall–Kier alpha value is -3.03. The van der Waals surface area contributed by atoms with Crippen LogP contribution >= 0.6 is 11.8 Å². The van der Waals surface area contributed by atoms with E-state index in [9.17, 15) is 20.3 Å². The van der Waals surface area contributed by atoms with Gasteiger partial charge in [-0.05, 0) is 42.0 Å². The van der Waals surface area contributed by atoms with Gasteiger partial charge in [0.15, 0.2) is 0 Å². The molecule has 0 unspecified atom stereocenters. The molecule has 0 heterocycles. The maximum absolute atomic E-state index is 10.8. The lowest BCUT2D eigenvalue weighted by atomic mass is 10.1. The van der Waals surface area contributed by atoms with Crippen molar-refractivity contribution in [2.24, 2.45) is 0 Å². The Morgan fingerprint density at radius 1 is 1.00 bits per heavy atom. The van der Waals surface area contributed by atoms with Crippen molar-refractivity contribution in [3.8, 4) is 5.75 Å². The predicted octanol–water partition coefficient (Wildman–Crippen LogP) is 4.56. The van der Waals surface area contributed by atoms with Gasteiger partial charge in [-0.1, -0.05) is 30.0 Å². The number of aromatic hydroxyl groups is 1. The minimum atomic E-state index is -0.412. The molecular formula is C20H18N2O4S. The second-order valence-electron chi connectivity index (χ2n) is 5.82. The van der Waals surface area contributed by atoms with E-state index in [1.165, 1.54) is 23.9 Å². The molecule has 0 aliphatic carbocycles. The zero-order valence-corrected chi connectivity index (χ0v) is 15.1. The first-order valence-electron chi connectivity index (χ1n) is 8.23. The maximum atomic E-state index is 10.8. The third-order valence-corrected chi connectivity index (χ3v) is 5.11. The average molecular weight is 382 g/mol. The molecule has 0 fully saturated rings. The zero-order chi connectivity index (χ0) is 19.2. The number of hydrogen-bond donors (Lipinski definition) is 3. The lowest BCUT2D eigenvalue weighted by Crippen LogP contribution is -2.01. The summed E-state index contributed by atoms with van der Waals surface area (Å²) in [5.74, 6) is 0.0668. The normalized spacial score (nSPS) is 10.6. The summed E-state index contributed by atoms with van der Waals surface area (Å²) in [6.45, 7) is 0.333. The minimum Gasteiger partial charge on any atom is -0.508 e. The van der Waals surface area contributed by atoms with E-state index in [0.29, 0.717) is 12.1 Å². The van der Waals surface area contributed by atoms with Crippen LogP contribution in [0, 0.1) is 10.1 Å². The van der Waals surface area contributed by atoms with Crippen molar-refractivity contribution in [3.05, 3.63) is 88.0 Å². The smallest absolute Gasteiger partial charge is 0.269 e. The number of nitro groups is 1. The Balaban J connectivity index is 1.73. The van der Waals surface area contributed by atoms with Crippen LogP contribution in [0.5, 0.6) is 5.75 Å². The summed E-state index contributed by atoms with van der Waals surface area (Å²) in [5, 5.41) is 33.0. The molecule has 0 amide bonds. The number of aliphatic hydroxyl groups is 1. The Bertz CT molecular complexity index is 945. The van der Waals surface area contributed by atoms with E-state index in [0.717, 1.165) is 21.0 Å². The van der Waals surface area contributed by atoms with Gasteiger partial charge in [-0.2, -0.15) is 0 Å². The van der Waals surface area contributed by atoms with Crippen molar-refractivity contribution in [1.29, 1.82) is 0 Å². The molecule has 138 valence electrons. The fraction of sp³-hybridized carbons (Fsp3) is 0.100. The van der Waals surface area contributed by atoms with E-state index < -0.39 is 4.92 Å². The first kappa shape index (κ1) is 18.8. The molecule has 7 heteroatoms. The highest BCUT2D eigenvalue weighted by molar-refractivity contribution is 7.99. The molecule has 3 rings (SSSR count). The van der Waals surface area contributed by atoms with E-state index in [2.05, 4.69) is 5.32 Å². The number of nitrogens with zero attached hydrogens (tertiary/aromatic N) is 1. The standard InChI is InChI=1S/C20H18N2O4S/c23-13-15-11-16(5-10-19(15)24)21-12-14-3-1-2-4-20(14)27-18-8-6-17(7-9-18)22(25)26/h1-11,21,23-24H,12-13H2. The summed E-state index contributed by atoms with van der Waals surface area (Å²) in [6, 6.07) is 19.4. The van der Waals surface area contributed by atoms with Crippen LogP contribution in [0.15, 0.2) is 76.5 Å². The van der Waals surface area contributed by atoms with Gasteiger partial charge in [0.1, 0.15) is 5.75 Å². The number of nitrogens with one attached hydrogen (secondary N) is 1. The number of phenols is 1. The SMILES string of the molecule is O=[N+]([O-])c1ccc(Sc2ccccc2CNc2ccc(O)c(CO)c2)cc1. The Labute approximate surface area is 160 Å². The zero-order valence-electron chi connectivity index (χ0n) is 14.3. The van der Waals surface area contributed by atoms with Gasteiger partial charge >= 0.3 is 0 Å². The van der Waals surface area contributed by atoms with E-state index in [1.54, 1.807) is 30.3 Å². The van der Waals surface area contributed by atoms with Crippen LogP contribution < -0.4 is 5.32 Å². The fourth-order valence-electron chi connectivity index (χ4n) is 2.53. The summed E-state index contributed by atoms with van der Waals surface area (Å²) in [5.41, 5.74) is 2.40. The van der Waals surface area contributed by atoms with E-state index in [-0.39, 0.29) is 18.0 Å². The Morgan fingerprint density at radius 3 is 2.44 bits per heavy atom. The molecule has 3 aromatic carbocycles. The Kier molecular flexibility index (Phi) is 5.95. The third kappa shape index (κ3) is 4.78. The number of anilines is 1. The van der Waals surface area contributed by atoms with Gasteiger partial charge in [0, 0.05) is 39.7 Å². The quantitative estimate of drug-likeness (QED) is 0.315. The molecule has 3 aromatic rings. The van der Waals surface area contributed by atoms with E-state index in [4.69, 9.17) is 0 Å². The highest BCUT2D eigenvalue weighted by Crippen LogP contribution is 2.32. The summed E-state index contributed by atoms with van der Waals surface area (Å²) in [7, 11) is 0. The fourth-order valence-corrected chi connectivity index (χ4v) is 3.48. The number of nitro benzene ring substituents is 1. The largest absolute Gasteiger partial charge is 0.508 e. The van der Waals surface area contributed by atoms with Crippen molar-refractivity contribution in [1.82, 2.24) is 0 Å². The van der Waals surface area contributed by atoms with E-state index >= 15 is 0 Å². The molecule has 0 aromatic heterocycles. The van der Waals surface area contributed by atoms with Crippen molar-refractivity contribution >= 4 is 23.1 Å². The van der Waals surface area contributed by atoms with Gasteiger partial charge in [-0.25, -0.2) is 0 Å². The van der Waals surface area contributed by atoms with Crippen LogP contribution in [0.4, 0.5) is 11.4 Å². The summed E-state index contributed by atoms with van der Waals surface area (Å²) in [4.78, 5) is 12.3. The topological polar surface area (TPSA) is 95.6 Å². The highest BCUT2D eigenvalue weighted by atomic mass is 32.2. The van der Waals surface area contributed by atoms with Crippen LogP contribution in [0.3, 0.4) is 0 Å². The second-order valence-corrected chi connectivity index (χ2v) is 6.93. The molecule has 3 N–H and O–H groups in total. The molecule has 0 radical (unpaired) electrons. The van der Waals surface area contributed by atoms with Crippen molar-refractivity contribution in [3.63, 3.8) is 0 Å². The summed E-state index contributed by atoms with van der Waals surface area (Å²) >= 11 is 1.54. The van der Waals surface area contributed by atoms with Gasteiger partial charge in [0.25, 0.3) is 5.69 Å². The van der Waals surface area contributed by atoms with Gasteiger partial charge in [0.2, 0.25) is 0 Å². The third-order valence-electron chi connectivity index (χ3n) is 3.98. The number of benzene rings is 3. The second kappa shape index (κ2) is 8.57. The molecule has 0 spiro atoms. The van der Waals surface area contributed by atoms with Gasteiger partial charge < -0.3 is 15.5 Å². The number of hydrogen-bond acceptors (Lipinski definition) is 6. The molecule has 6 nitrogen and oxygen atoms in total. The number of aliphatic hydroxyl groups excluding tert-OH is 1. The van der Waals surface area contributed by atoms with Crippen LogP contribution in [0.2, 0.25) is 0 Å². The highest BCUT2D eigenvalue weighted by Gasteiger charge is 2.08. The summed E-state index contributed by atoms with van der Waals surface area (Å²) in [6.07, 6.45) is 0. The molecule has 0 atom stereocenters. The molecule has 0 saturated carbocycles. The molecule has 0 bridgehead atoms. The first-order chi connectivity index (χ1) is 13.1. The predicted molar refractivity (Wildman–Crippen MR) is 105 cm³/mol. The first-order valence-corrected chi connectivity index (χ1v) is 9.05. The van der Waals surface area contributed by atoms with Gasteiger partial charge in [-0.3, -0.25) is 10.1 Å². The number of non-ortho nitro benzene ring substituents is 1. The van der Waals surface area contributed by atoms with Crippen molar-refractivity contribution in [2.75, 3.05) is 5.32 Å². The molecular weight excluding hydrogens is 364 g/mol. The molecule has 0 saturated heterocycles. The lowest BCUT2D eigenvalue weighted by molar-refractivity contribution is -0.384. The van der Waals surface area contributed by atoms with Crippen LogP contribution in [0.1, 0.15) is 11.1 Å². The summed E-state index contributed by atoms with van der Waals surface area (Å²) < 4.78 is 0. The van der Waals surface area contributed by atoms with Crippen molar-refractivity contribution in [2.45, 2.75) is 22.9 Å². The van der Waals surface area contributed by atoms with Gasteiger partial charge in [-0.15, -0.1) is 0 Å². The Morgan fingerprint density at radius 2 is 1.74 bits per heavy atom. The minimum absolute atomic E-state index is 0.0668. The molecule has 0 aliphatic rings. The van der Waals surface area contributed by atoms with Crippen LogP contribution in [-0.2, 0) is 13.2 Å². The van der Waals surface area contributed by atoms with Crippen molar-refractivity contribution < 1.29 is 15.1 Å². The molecule has 0 aliphatic heterocycles. The molecule has 27 heavy (non-hydrogen) atoms. The van der Waals surface area contributed by atoms with Gasteiger partial charge in [0.05, 0.1) is 11.5 Å². The number of rotatable bonds is 7. The monoisotopic (exact) mass is 382 g/mol. The van der Waals surface area contributed by atoms with E-state index in [1.807, 2.05) is 24.3 Å². The lowest BCUT2D eigenvalue weighted by Gasteiger charge is -2.12. The maximum Gasteiger partial charge on any atom is 0.269 e. The van der Waals surface area contributed by atoms with Crippen LogP contribution in [-0.4, -0.2) is 15.1 Å². The average Bonchev–Trinajstić information content (AvgIpc) is 2.68.